The third-order valence-corrected chi connectivity index (χ3v) is 4.61. The van der Waals surface area contributed by atoms with E-state index in [4.69, 9.17) is 10.5 Å². The Hall–Kier alpha value is -0.710. The van der Waals surface area contributed by atoms with Crippen LogP contribution in [0.1, 0.15) is 24.7 Å². The van der Waals surface area contributed by atoms with Crippen LogP contribution in [0.25, 0.3) is 0 Å². The molecule has 1 aromatic rings. The summed E-state index contributed by atoms with van der Waals surface area (Å²) in [4.78, 5) is 2.44. The van der Waals surface area contributed by atoms with Gasteiger partial charge in [0, 0.05) is 24.1 Å². The lowest BCUT2D eigenvalue weighted by atomic mass is 10.1. The Labute approximate surface area is 121 Å². The number of nitrogens with two attached hydrogens (primary N) is 1. The van der Waals surface area contributed by atoms with Crippen LogP contribution in [0.3, 0.4) is 0 Å². The van der Waals surface area contributed by atoms with Crippen molar-refractivity contribution < 1.29 is 4.74 Å². The highest BCUT2D eigenvalue weighted by molar-refractivity contribution is 7.99. The second-order valence-corrected chi connectivity index (χ2v) is 5.71. The van der Waals surface area contributed by atoms with E-state index >= 15 is 0 Å². The van der Waals surface area contributed by atoms with Crippen molar-refractivity contribution in [3.8, 4) is 5.75 Å². The van der Waals surface area contributed by atoms with Crippen molar-refractivity contribution in [3.05, 3.63) is 29.8 Å². The molecule has 19 heavy (non-hydrogen) atoms. The van der Waals surface area contributed by atoms with E-state index in [0.717, 1.165) is 31.1 Å². The van der Waals surface area contributed by atoms with Crippen molar-refractivity contribution >= 4 is 11.8 Å². The summed E-state index contributed by atoms with van der Waals surface area (Å²) in [5, 5.41) is 0.376. The number of hydrogen-bond donors (Lipinski definition) is 1. The molecule has 0 aliphatic rings. The molecule has 0 saturated carbocycles. The van der Waals surface area contributed by atoms with Crippen LogP contribution in [0, 0.1) is 0 Å². The minimum atomic E-state index is 0.376. The fourth-order valence-electron chi connectivity index (χ4n) is 1.98. The van der Waals surface area contributed by atoms with Gasteiger partial charge in [-0.15, -0.1) is 0 Å². The zero-order chi connectivity index (χ0) is 14.1. The normalized spacial score (nSPS) is 12.7. The Kier molecular flexibility index (Phi) is 7.94. The minimum absolute atomic E-state index is 0.376. The van der Waals surface area contributed by atoms with Gasteiger partial charge < -0.3 is 15.4 Å². The number of nitrogens with zero attached hydrogens (tertiary/aromatic N) is 1. The molecule has 0 saturated heterocycles. The van der Waals surface area contributed by atoms with Crippen LogP contribution in [-0.2, 0) is 0 Å². The maximum atomic E-state index is 5.89. The molecule has 0 heterocycles. The molecule has 0 aliphatic carbocycles. The van der Waals surface area contributed by atoms with E-state index < -0.39 is 0 Å². The van der Waals surface area contributed by atoms with E-state index in [0.29, 0.717) is 11.8 Å². The molecule has 0 aliphatic heterocycles. The van der Waals surface area contributed by atoms with Crippen LogP contribution >= 0.6 is 11.8 Å². The smallest absolute Gasteiger partial charge is 0.118 e. The highest BCUT2D eigenvalue weighted by Gasteiger charge is 2.10. The van der Waals surface area contributed by atoms with E-state index in [-0.39, 0.29) is 0 Å². The van der Waals surface area contributed by atoms with Crippen molar-refractivity contribution in [2.45, 2.75) is 19.1 Å². The zero-order valence-corrected chi connectivity index (χ0v) is 13.1. The average Bonchev–Trinajstić information content (AvgIpc) is 2.48. The van der Waals surface area contributed by atoms with Gasteiger partial charge in [0.15, 0.2) is 0 Å². The molecule has 2 N–H and O–H groups in total. The molecule has 0 fully saturated rings. The van der Waals surface area contributed by atoms with Gasteiger partial charge in [-0.3, -0.25) is 0 Å². The summed E-state index contributed by atoms with van der Waals surface area (Å²) < 4.78 is 5.18. The summed E-state index contributed by atoms with van der Waals surface area (Å²) >= 11 is 1.94. The van der Waals surface area contributed by atoms with Gasteiger partial charge in [0.1, 0.15) is 5.75 Å². The number of methoxy groups -OCH3 is 1. The zero-order valence-electron chi connectivity index (χ0n) is 12.3. The second kappa shape index (κ2) is 9.23. The average molecular weight is 282 g/mol. The molecule has 4 heteroatoms. The van der Waals surface area contributed by atoms with Gasteiger partial charge in [0.2, 0.25) is 0 Å². The molecule has 1 aromatic carbocycles. The highest BCUT2D eigenvalue weighted by atomic mass is 32.2. The molecule has 0 radical (unpaired) electrons. The third kappa shape index (κ3) is 5.43. The number of thioether (sulfide) groups is 1. The summed E-state index contributed by atoms with van der Waals surface area (Å²) in [6.07, 6.45) is 0. The summed E-state index contributed by atoms with van der Waals surface area (Å²) in [7, 11) is 1.69. The van der Waals surface area contributed by atoms with Crippen LogP contribution in [-0.4, -0.2) is 43.9 Å². The molecule has 0 bridgehead atoms. The van der Waals surface area contributed by atoms with Gasteiger partial charge in [-0.2, -0.15) is 11.8 Å². The Balaban J connectivity index is 2.48. The fraction of sp³-hybridized carbons (Fsp3) is 0.600. The summed E-state index contributed by atoms with van der Waals surface area (Å²) in [5.41, 5.74) is 7.18. The number of rotatable bonds is 9. The van der Waals surface area contributed by atoms with Crippen molar-refractivity contribution in [1.82, 2.24) is 4.90 Å². The lowest BCUT2D eigenvalue weighted by Crippen LogP contribution is -2.26. The maximum absolute atomic E-state index is 5.89. The number of benzene rings is 1. The first-order valence-electron chi connectivity index (χ1n) is 6.93. The quantitative estimate of drug-likeness (QED) is 0.756. The van der Waals surface area contributed by atoms with Crippen LogP contribution in [0.2, 0.25) is 0 Å². The molecular weight excluding hydrogens is 256 g/mol. The molecule has 1 rings (SSSR count). The van der Waals surface area contributed by atoms with Gasteiger partial charge in [0.05, 0.1) is 7.11 Å². The molecule has 1 unspecified atom stereocenters. The van der Waals surface area contributed by atoms with Crippen molar-refractivity contribution in [2.24, 2.45) is 5.73 Å². The Bertz CT molecular complexity index is 339. The molecule has 0 amide bonds. The monoisotopic (exact) mass is 282 g/mol. The Morgan fingerprint density at radius 1 is 1.21 bits per heavy atom. The van der Waals surface area contributed by atoms with E-state index in [9.17, 15) is 0 Å². The van der Waals surface area contributed by atoms with Gasteiger partial charge in [-0.1, -0.05) is 26.0 Å². The Morgan fingerprint density at radius 3 is 2.32 bits per heavy atom. The Morgan fingerprint density at radius 2 is 1.84 bits per heavy atom. The van der Waals surface area contributed by atoms with Crippen LogP contribution < -0.4 is 10.5 Å². The first-order valence-corrected chi connectivity index (χ1v) is 7.97. The topological polar surface area (TPSA) is 38.5 Å². The van der Waals surface area contributed by atoms with E-state index in [1.165, 1.54) is 5.56 Å². The first-order chi connectivity index (χ1) is 9.24. The molecule has 108 valence electrons. The molecule has 3 nitrogen and oxygen atoms in total. The number of hydrogen-bond acceptors (Lipinski definition) is 4. The minimum Gasteiger partial charge on any atom is -0.497 e. The highest BCUT2D eigenvalue weighted by Crippen LogP contribution is 2.28. The van der Waals surface area contributed by atoms with Crippen LogP contribution in [0.5, 0.6) is 5.75 Å². The SMILES string of the molecule is CCN(CC)CCSC(CN)c1ccc(OC)cc1. The standard InChI is InChI=1S/C15H26N2OS/c1-4-17(5-2)10-11-19-15(12-16)13-6-8-14(18-3)9-7-13/h6-9,15H,4-5,10-12,16H2,1-3H3. The summed E-state index contributed by atoms with van der Waals surface area (Å²) in [6.45, 7) is 8.45. The van der Waals surface area contributed by atoms with Crippen molar-refractivity contribution in [3.63, 3.8) is 0 Å². The molecular formula is C15H26N2OS. The lowest BCUT2D eigenvalue weighted by Gasteiger charge is -2.20. The molecule has 0 spiro atoms. The van der Waals surface area contributed by atoms with Gasteiger partial charge >= 0.3 is 0 Å². The third-order valence-electron chi connectivity index (χ3n) is 3.32. The van der Waals surface area contributed by atoms with Gasteiger partial charge in [0.25, 0.3) is 0 Å². The summed E-state index contributed by atoms with van der Waals surface area (Å²) in [5.74, 6) is 2.02. The van der Waals surface area contributed by atoms with Gasteiger partial charge in [-0.05, 0) is 30.8 Å². The number of ether oxygens (including phenoxy) is 1. The van der Waals surface area contributed by atoms with Crippen molar-refractivity contribution in [2.75, 3.05) is 39.0 Å². The van der Waals surface area contributed by atoms with Crippen molar-refractivity contribution in [1.29, 1.82) is 0 Å². The molecule has 1 atom stereocenters. The van der Waals surface area contributed by atoms with E-state index in [1.54, 1.807) is 7.11 Å². The summed E-state index contributed by atoms with van der Waals surface area (Å²) in [6, 6.07) is 8.23. The predicted octanol–water partition coefficient (Wildman–Crippen LogP) is 2.77. The lowest BCUT2D eigenvalue weighted by molar-refractivity contribution is 0.324. The van der Waals surface area contributed by atoms with Crippen LogP contribution in [0.4, 0.5) is 0 Å². The van der Waals surface area contributed by atoms with Gasteiger partial charge in [-0.25, -0.2) is 0 Å². The van der Waals surface area contributed by atoms with Crippen LogP contribution in [0.15, 0.2) is 24.3 Å². The largest absolute Gasteiger partial charge is 0.497 e. The predicted molar refractivity (Wildman–Crippen MR) is 85.0 cm³/mol. The first kappa shape index (κ1) is 16.3. The molecule has 0 aromatic heterocycles. The maximum Gasteiger partial charge on any atom is 0.118 e. The van der Waals surface area contributed by atoms with E-state index in [1.807, 2.05) is 23.9 Å². The van der Waals surface area contributed by atoms with E-state index in [2.05, 4.69) is 30.9 Å². The second-order valence-electron chi connectivity index (χ2n) is 4.40. The fourth-order valence-corrected chi connectivity index (χ4v) is 3.12.